The Hall–Kier alpha value is -1.65. The highest BCUT2D eigenvalue weighted by Crippen LogP contribution is 2.15. The van der Waals surface area contributed by atoms with Crippen LogP contribution in [-0.2, 0) is 0 Å². The molecule has 0 spiro atoms. The first-order valence-electron chi connectivity index (χ1n) is 5.06. The lowest BCUT2D eigenvalue weighted by Gasteiger charge is -2.03. The molecule has 0 aliphatic carbocycles. The maximum Gasteiger partial charge on any atom is 0.490 e. The van der Waals surface area contributed by atoms with Gasteiger partial charge in [0.15, 0.2) is 0 Å². The molecule has 1 heterocycles. The van der Waals surface area contributed by atoms with Crippen LogP contribution in [0, 0.1) is 6.92 Å². The summed E-state index contributed by atoms with van der Waals surface area (Å²) in [5.41, 5.74) is 3.44. The molecule has 0 aliphatic heterocycles. The average molecular weight is 213 g/mol. The molecule has 0 bridgehead atoms. The summed E-state index contributed by atoms with van der Waals surface area (Å²) in [6, 6.07) is 11.5. The lowest BCUT2D eigenvalue weighted by Crippen LogP contribution is -2.29. The molecule has 0 fully saturated rings. The van der Waals surface area contributed by atoms with E-state index in [4.69, 9.17) is 10.0 Å². The van der Waals surface area contributed by atoms with Gasteiger partial charge in [0.25, 0.3) is 0 Å². The van der Waals surface area contributed by atoms with Crippen LogP contribution in [0.2, 0.25) is 0 Å². The van der Waals surface area contributed by atoms with E-state index in [0.29, 0.717) is 5.46 Å². The second kappa shape index (κ2) is 4.47. The van der Waals surface area contributed by atoms with E-state index in [1.807, 2.05) is 31.2 Å². The first-order valence-corrected chi connectivity index (χ1v) is 5.06. The van der Waals surface area contributed by atoms with Gasteiger partial charge in [-0.2, -0.15) is 0 Å². The minimum Gasteiger partial charge on any atom is -0.423 e. The fourth-order valence-electron chi connectivity index (χ4n) is 1.45. The van der Waals surface area contributed by atoms with Gasteiger partial charge in [0.1, 0.15) is 0 Å². The molecule has 2 N–H and O–H groups in total. The molecule has 3 nitrogen and oxygen atoms in total. The zero-order valence-corrected chi connectivity index (χ0v) is 8.96. The Labute approximate surface area is 94.6 Å². The van der Waals surface area contributed by atoms with Crippen molar-refractivity contribution < 1.29 is 10.0 Å². The molecule has 80 valence electrons. The van der Waals surface area contributed by atoms with Gasteiger partial charge in [0.2, 0.25) is 0 Å². The molecule has 0 saturated carbocycles. The van der Waals surface area contributed by atoms with Gasteiger partial charge < -0.3 is 10.0 Å². The van der Waals surface area contributed by atoms with Crippen molar-refractivity contribution >= 4 is 12.6 Å². The van der Waals surface area contributed by atoms with Gasteiger partial charge >= 0.3 is 7.12 Å². The first-order chi connectivity index (χ1) is 7.66. The van der Waals surface area contributed by atoms with E-state index in [1.54, 1.807) is 12.1 Å². The molecule has 1 aromatic carbocycles. The molecule has 0 atom stereocenters. The van der Waals surface area contributed by atoms with Gasteiger partial charge in [-0.05, 0) is 13.0 Å². The van der Waals surface area contributed by atoms with Crippen LogP contribution >= 0.6 is 0 Å². The second-order valence-corrected chi connectivity index (χ2v) is 3.72. The summed E-state index contributed by atoms with van der Waals surface area (Å²) in [4.78, 5) is 4.18. The number of pyridine rings is 1. The first kappa shape index (κ1) is 10.9. The molecule has 16 heavy (non-hydrogen) atoms. The summed E-state index contributed by atoms with van der Waals surface area (Å²) in [5.74, 6) is 0. The van der Waals surface area contributed by atoms with Crippen LogP contribution in [0.15, 0.2) is 42.6 Å². The minimum absolute atomic E-state index is 0.399. The Morgan fingerprint density at radius 2 is 1.69 bits per heavy atom. The normalized spacial score (nSPS) is 10.2. The Balaban J connectivity index is 2.31. The highest BCUT2D eigenvalue weighted by atomic mass is 16.4. The van der Waals surface area contributed by atoms with Crippen LogP contribution in [0.3, 0.4) is 0 Å². The molecule has 1 aromatic heterocycles. The van der Waals surface area contributed by atoms with E-state index in [2.05, 4.69) is 4.98 Å². The van der Waals surface area contributed by atoms with Crippen LogP contribution in [0.4, 0.5) is 0 Å². The lowest BCUT2D eigenvalue weighted by atomic mass is 9.81. The zero-order valence-electron chi connectivity index (χ0n) is 8.96. The van der Waals surface area contributed by atoms with E-state index >= 15 is 0 Å². The Bertz CT molecular complexity index is 465. The van der Waals surface area contributed by atoms with E-state index < -0.39 is 7.12 Å². The minimum atomic E-state index is -1.46. The van der Waals surface area contributed by atoms with Gasteiger partial charge in [0.05, 0.1) is 5.69 Å². The lowest BCUT2D eigenvalue weighted by molar-refractivity contribution is 0.425. The quantitative estimate of drug-likeness (QED) is 0.723. The SMILES string of the molecule is Cc1ccc(-c2ccc(B(O)O)cn2)cc1. The summed E-state index contributed by atoms with van der Waals surface area (Å²) in [5, 5.41) is 17.9. The van der Waals surface area contributed by atoms with Gasteiger partial charge in [-0.25, -0.2) is 0 Å². The number of rotatable bonds is 2. The third-order valence-electron chi connectivity index (χ3n) is 2.43. The molecule has 0 unspecified atom stereocenters. The Morgan fingerprint density at radius 3 is 2.19 bits per heavy atom. The maximum absolute atomic E-state index is 8.94. The second-order valence-electron chi connectivity index (χ2n) is 3.72. The Morgan fingerprint density at radius 1 is 1.00 bits per heavy atom. The van der Waals surface area contributed by atoms with Gasteiger partial charge in [-0.1, -0.05) is 35.9 Å². The highest BCUT2D eigenvalue weighted by Gasteiger charge is 2.10. The van der Waals surface area contributed by atoms with Crippen molar-refractivity contribution in [3.63, 3.8) is 0 Å². The van der Waals surface area contributed by atoms with Crippen molar-refractivity contribution in [1.82, 2.24) is 4.98 Å². The van der Waals surface area contributed by atoms with Crippen molar-refractivity contribution in [2.24, 2.45) is 0 Å². The summed E-state index contributed by atoms with van der Waals surface area (Å²) < 4.78 is 0. The molecule has 0 radical (unpaired) electrons. The topological polar surface area (TPSA) is 53.4 Å². The molecule has 2 rings (SSSR count). The maximum atomic E-state index is 8.94. The van der Waals surface area contributed by atoms with Crippen molar-refractivity contribution in [1.29, 1.82) is 0 Å². The van der Waals surface area contributed by atoms with Crippen LogP contribution in [0.5, 0.6) is 0 Å². The summed E-state index contributed by atoms with van der Waals surface area (Å²) >= 11 is 0. The number of nitrogens with zero attached hydrogens (tertiary/aromatic N) is 1. The van der Waals surface area contributed by atoms with Crippen LogP contribution in [-0.4, -0.2) is 22.2 Å². The van der Waals surface area contributed by atoms with Crippen LogP contribution in [0.25, 0.3) is 11.3 Å². The molecular weight excluding hydrogens is 201 g/mol. The van der Waals surface area contributed by atoms with Gasteiger partial charge in [-0.15, -0.1) is 0 Å². The monoisotopic (exact) mass is 213 g/mol. The van der Waals surface area contributed by atoms with E-state index in [0.717, 1.165) is 11.3 Å². The van der Waals surface area contributed by atoms with Gasteiger partial charge in [0, 0.05) is 17.2 Å². The fraction of sp³-hybridized carbons (Fsp3) is 0.0833. The molecule has 0 amide bonds. The molecular formula is C12H12BNO2. The largest absolute Gasteiger partial charge is 0.490 e. The van der Waals surface area contributed by atoms with Crippen molar-refractivity contribution in [2.45, 2.75) is 6.92 Å². The number of aromatic nitrogens is 1. The molecule has 0 aliphatic rings. The number of hydrogen-bond acceptors (Lipinski definition) is 3. The summed E-state index contributed by atoms with van der Waals surface area (Å²) in [6.45, 7) is 2.03. The average Bonchev–Trinajstić information content (AvgIpc) is 2.30. The predicted octanol–water partition coefficient (Wildman–Crippen LogP) is 0.737. The molecule has 4 heteroatoms. The van der Waals surface area contributed by atoms with E-state index in [9.17, 15) is 0 Å². The third-order valence-corrected chi connectivity index (χ3v) is 2.43. The highest BCUT2D eigenvalue weighted by molar-refractivity contribution is 6.58. The molecule has 2 aromatic rings. The summed E-state index contributed by atoms with van der Waals surface area (Å²) in [7, 11) is -1.46. The smallest absolute Gasteiger partial charge is 0.423 e. The number of hydrogen-bond donors (Lipinski definition) is 2. The Kier molecular flexibility index (Phi) is 3.03. The van der Waals surface area contributed by atoms with Crippen LogP contribution < -0.4 is 5.46 Å². The van der Waals surface area contributed by atoms with E-state index in [1.165, 1.54) is 11.8 Å². The molecule has 0 saturated heterocycles. The third kappa shape index (κ3) is 2.29. The number of benzene rings is 1. The zero-order chi connectivity index (χ0) is 11.5. The predicted molar refractivity (Wildman–Crippen MR) is 64.2 cm³/mol. The van der Waals surface area contributed by atoms with Crippen LogP contribution in [0.1, 0.15) is 5.56 Å². The van der Waals surface area contributed by atoms with Crippen molar-refractivity contribution in [3.05, 3.63) is 48.2 Å². The number of aryl methyl sites for hydroxylation is 1. The standard InChI is InChI=1S/C12H12BNO2/c1-9-2-4-10(5-3-9)12-7-6-11(8-14-12)13(15)16/h2-8,15-16H,1H3. The van der Waals surface area contributed by atoms with Crippen molar-refractivity contribution in [3.8, 4) is 11.3 Å². The summed E-state index contributed by atoms with van der Waals surface area (Å²) in [6.07, 6.45) is 1.47. The van der Waals surface area contributed by atoms with Gasteiger partial charge in [-0.3, -0.25) is 4.98 Å². The van der Waals surface area contributed by atoms with Crippen molar-refractivity contribution in [2.75, 3.05) is 0 Å². The fourth-order valence-corrected chi connectivity index (χ4v) is 1.45. The van der Waals surface area contributed by atoms with E-state index in [-0.39, 0.29) is 0 Å².